The fraction of sp³-hybridized carbons (Fsp3) is 0.333. The van der Waals surface area contributed by atoms with Crippen LogP contribution in [0.5, 0.6) is 0 Å². The Morgan fingerprint density at radius 2 is 1.72 bits per heavy atom. The number of halogens is 1. The minimum Gasteiger partial charge on any atom is -0.335 e. The van der Waals surface area contributed by atoms with Crippen molar-refractivity contribution in [3.05, 3.63) is 64.7 Å². The van der Waals surface area contributed by atoms with Crippen molar-refractivity contribution >= 4 is 17.7 Å². The first kappa shape index (κ1) is 17.8. The van der Waals surface area contributed by atoms with Gasteiger partial charge < -0.3 is 4.90 Å². The van der Waals surface area contributed by atoms with Crippen LogP contribution in [0.25, 0.3) is 0 Å². The number of carbonyl (C=O) groups is 3. The number of imide groups is 1. The van der Waals surface area contributed by atoms with E-state index in [1.165, 1.54) is 4.68 Å². The molecule has 1 fully saturated rings. The fourth-order valence-corrected chi connectivity index (χ4v) is 4.04. The zero-order valence-corrected chi connectivity index (χ0v) is 15.7. The second-order valence-electron chi connectivity index (χ2n) is 7.68. The molecular weight excluding hydrogens is 375 g/mol. The number of rotatable bonds is 5. The van der Waals surface area contributed by atoms with Gasteiger partial charge in [0, 0.05) is 25.2 Å². The van der Waals surface area contributed by atoms with Crippen molar-refractivity contribution in [3.8, 4) is 0 Å². The predicted octanol–water partition coefficient (Wildman–Crippen LogP) is 2.19. The van der Waals surface area contributed by atoms with Gasteiger partial charge in [0.15, 0.2) is 0 Å². The van der Waals surface area contributed by atoms with Gasteiger partial charge in [0.1, 0.15) is 0 Å². The number of carbonyl (C=O) groups excluding carboxylic acids is 3. The molecule has 1 aliphatic carbocycles. The lowest BCUT2D eigenvalue weighted by Gasteiger charge is -2.25. The third-order valence-corrected chi connectivity index (χ3v) is 5.67. The highest BCUT2D eigenvalue weighted by Crippen LogP contribution is 2.31. The molecule has 0 spiro atoms. The molecule has 3 aliphatic rings. The molecule has 2 aliphatic heterocycles. The summed E-state index contributed by atoms with van der Waals surface area (Å²) >= 11 is 0. The monoisotopic (exact) mass is 394 g/mol. The summed E-state index contributed by atoms with van der Waals surface area (Å²) < 4.78 is 15.1. The highest BCUT2D eigenvalue weighted by molar-refractivity contribution is 6.21. The number of amides is 3. The molecule has 148 valence electrons. The number of hydrogen-bond donors (Lipinski definition) is 0. The largest absolute Gasteiger partial charge is 0.335 e. The molecule has 2 aromatic rings. The Morgan fingerprint density at radius 3 is 2.34 bits per heavy atom. The first-order valence-corrected chi connectivity index (χ1v) is 9.67. The molecule has 3 heterocycles. The van der Waals surface area contributed by atoms with Gasteiger partial charge in [-0.2, -0.15) is 5.10 Å². The maximum atomic E-state index is 13.6. The average Bonchev–Trinajstić information content (AvgIpc) is 3.44. The van der Waals surface area contributed by atoms with Gasteiger partial charge in [0.2, 0.25) is 0 Å². The van der Waals surface area contributed by atoms with Crippen molar-refractivity contribution in [3.63, 3.8) is 0 Å². The number of hydrogen-bond acceptors (Lipinski definition) is 4. The van der Waals surface area contributed by atoms with Crippen molar-refractivity contribution in [2.45, 2.75) is 31.8 Å². The Labute approximate surface area is 166 Å². The van der Waals surface area contributed by atoms with Crippen molar-refractivity contribution in [2.24, 2.45) is 0 Å². The minimum atomic E-state index is -0.431. The smallest absolute Gasteiger partial charge is 0.261 e. The van der Waals surface area contributed by atoms with Gasteiger partial charge in [0.25, 0.3) is 17.7 Å². The Bertz CT molecular complexity index is 1030. The van der Waals surface area contributed by atoms with E-state index in [4.69, 9.17) is 0 Å². The first-order valence-electron chi connectivity index (χ1n) is 9.67. The van der Waals surface area contributed by atoms with E-state index in [0.29, 0.717) is 47.7 Å². The van der Waals surface area contributed by atoms with Crippen LogP contribution in [0.4, 0.5) is 4.39 Å². The topological polar surface area (TPSA) is 75.5 Å². The van der Waals surface area contributed by atoms with Crippen LogP contribution >= 0.6 is 0 Å². The van der Waals surface area contributed by atoms with Crippen LogP contribution in [0.2, 0.25) is 0 Å². The Balaban J connectivity index is 1.32. The highest BCUT2D eigenvalue weighted by Gasteiger charge is 2.38. The Morgan fingerprint density at radius 1 is 1.03 bits per heavy atom. The molecule has 7 nitrogen and oxygen atoms in total. The Kier molecular flexibility index (Phi) is 4.08. The van der Waals surface area contributed by atoms with E-state index in [2.05, 4.69) is 5.10 Å². The summed E-state index contributed by atoms with van der Waals surface area (Å²) in [6.45, 7) is 0.567. The molecule has 1 saturated carbocycles. The van der Waals surface area contributed by atoms with Crippen molar-refractivity contribution in [1.29, 1.82) is 0 Å². The van der Waals surface area contributed by atoms with Crippen LogP contribution in [0, 0.1) is 0 Å². The summed E-state index contributed by atoms with van der Waals surface area (Å²) in [4.78, 5) is 40.6. The standard InChI is InChI=1S/C21H19FN4O3/c22-9-13(11-26-19(27)15-3-1-2-4-16(15)20(26)28)10-24-12-17-18(23-24)7-8-25(21(17)29)14-5-6-14/h1-4,9,12,14H,5-8,10-11H2/b13-9-. The molecule has 3 amide bonds. The molecule has 0 radical (unpaired) electrons. The zero-order chi connectivity index (χ0) is 20.1. The molecule has 5 rings (SSSR count). The van der Waals surface area contributed by atoms with Crippen LogP contribution in [0.1, 0.15) is 49.6 Å². The van der Waals surface area contributed by atoms with E-state index in [0.717, 1.165) is 17.7 Å². The van der Waals surface area contributed by atoms with Gasteiger partial charge in [-0.05, 0) is 30.5 Å². The van der Waals surface area contributed by atoms with E-state index < -0.39 is 11.8 Å². The van der Waals surface area contributed by atoms with Crippen LogP contribution in [-0.2, 0) is 13.0 Å². The van der Waals surface area contributed by atoms with E-state index in [1.807, 2.05) is 4.90 Å². The second-order valence-corrected chi connectivity index (χ2v) is 7.68. The maximum absolute atomic E-state index is 13.6. The number of aromatic nitrogens is 2. The van der Waals surface area contributed by atoms with Gasteiger partial charge in [-0.25, -0.2) is 4.39 Å². The molecule has 0 atom stereocenters. The first-order chi connectivity index (χ1) is 14.1. The van der Waals surface area contributed by atoms with Crippen molar-refractivity contribution in [2.75, 3.05) is 13.1 Å². The number of benzene rings is 1. The summed E-state index contributed by atoms with van der Waals surface area (Å²) in [6, 6.07) is 6.90. The predicted molar refractivity (Wildman–Crippen MR) is 101 cm³/mol. The van der Waals surface area contributed by atoms with Gasteiger partial charge in [0.05, 0.1) is 41.8 Å². The van der Waals surface area contributed by atoms with E-state index >= 15 is 0 Å². The normalized spacial score (nSPS) is 19.1. The molecule has 8 heteroatoms. The van der Waals surface area contributed by atoms with Gasteiger partial charge >= 0.3 is 0 Å². The molecule has 0 unspecified atom stereocenters. The molecule has 1 aromatic carbocycles. The van der Waals surface area contributed by atoms with E-state index in [9.17, 15) is 18.8 Å². The molecule has 0 bridgehead atoms. The fourth-order valence-electron chi connectivity index (χ4n) is 4.04. The van der Waals surface area contributed by atoms with Gasteiger partial charge in [-0.3, -0.25) is 24.0 Å². The minimum absolute atomic E-state index is 0.0221. The third-order valence-electron chi connectivity index (χ3n) is 5.67. The highest BCUT2D eigenvalue weighted by atomic mass is 19.1. The number of nitrogens with zero attached hydrogens (tertiary/aromatic N) is 4. The molecular formula is C21H19FN4O3. The summed E-state index contributed by atoms with van der Waals surface area (Å²) in [5.74, 6) is -0.883. The molecule has 1 aromatic heterocycles. The molecule has 29 heavy (non-hydrogen) atoms. The summed E-state index contributed by atoms with van der Waals surface area (Å²) in [5.41, 5.74) is 2.16. The number of fused-ring (bicyclic) bond motifs is 2. The van der Waals surface area contributed by atoms with Crippen LogP contribution in [0.15, 0.2) is 42.4 Å². The SMILES string of the molecule is O=C1c2ccccc2C(=O)N1C/C(=C\F)Cn1cc2c(n1)CCN(C1CC1)C2=O. The van der Waals surface area contributed by atoms with Gasteiger partial charge in [-0.15, -0.1) is 0 Å². The quantitative estimate of drug-likeness (QED) is 0.729. The lowest BCUT2D eigenvalue weighted by Crippen LogP contribution is -2.38. The summed E-state index contributed by atoms with van der Waals surface area (Å²) in [5, 5.41) is 4.43. The lowest BCUT2D eigenvalue weighted by molar-refractivity contribution is 0.0664. The average molecular weight is 394 g/mol. The molecule has 0 saturated heterocycles. The summed E-state index contributed by atoms with van der Waals surface area (Å²) in [6.07, 6.45) is 4.81. The maximum Gasteiger partial charge on any atom is 0.261 e. The second kappa shape index (κ2) is 6.65. The third kappa shape index (κ3) is 2.95. The van der Waals surface area contributed by atoms with E-state index in [-0.39, 0.29) is 24.6 Å². The molecule has 0 N–H and O–H groups in total. The van der Waals surface area contributed by atoms with Crippen molar-refractivity contribution < 1.29 is 18.8 Å². The van der Waals surface area contributed by atoms with Crippen LogP contribution < -0.4 is 0 Å². The zero-order valence-electron chi connectivity index (χ0n) is 15.7. The van der Waals surface area contributed by atoms with Crippen molar-refractivity contribution in [1.82, 2.24) is 19.6 Å². The van der Waals surface area contributed by atoms with E-state index in [1.54, 1.807) is 30.5 Å². The van der Waals surface area contributed by atoms with Gasteiger partial charge in [-0.1, -0.05) is 12.1 Å². The lowest BCUT2D eigenvalue weighted by atomic mass is 10.1. The Hall–Kier alpha value is -3.29. The summed E-state index contributed by atoms with van der Waals surface area (Å²) in [7, 11) is 0. The van der Waals surface area contributed by atoms with Crippen LogP contribution in [-0.4, -0.2) is 56.4 Å². The van der Waals surface area contributed by atoms with Crippen LogP contribution in [0.3, 0.4) is 0 Å².